The molecule has 1 atom stereocenters. The van der Waals surface area contributed by atoms with Gasteiger partial charge >= 0.3 is 0 Å². The van der Waals surface area contributed by atoms with E-state index in [9.17, 15) is 5.11 Å². The quantitative estimate of drug-likeness (QED) is 0.591. The highest BCUT2D eigenvalue weighted by molar-refractivity contribution is 7.80. The number of rotatable bonds is 2. The van der Waals surface area contributed by atoms with Crippen molar-refractivity contribution in [2.75, 3.05) is 6.54 Å². The molecule has 0 amide bonds. The Hall–Kier alpha value is -0.390. The van der Waals surface area contributed by atoms with Crippen molar-refractivity contribution in [2.45, 2.75) is 45.4 Å². The predicted octanol–water partition coefficient (Wildman–Crippen LogP) is 0.578. The summed E-state index contributed by atoms with van der Waals surface area (Å²) in [4.78, 5) is 0. The van der Waals surface area contributed by atoms with Crippen molar-refractivity contribution in [1.29, 1.82) is 0 Å². The van der Waals surface area contributed by atoms with Crippen LogP contribution in [-0.4, -0.2) is 33.0 Å². The van der Waals surface area contributed by atoms with Gasteiger partial charge in [0.25, 0.3) is 0 Å². The van der Waals surface area contributed by atoms with Gasteiger partial charge in [0.1, 0.15) is 0 Å². The molecule has 0 aromatic rings. The lowest BCUT2D eigenvalue weighted by Crippen LogP contribution is -2.69. The van der Waals surface area contributed by atoms with E-state index >= 15 is 0 Å². The van der Waals surface area contributed by atoms with Gasteiger partial charge in [-0.2, -0.15) is 0 Å². The highest BCUT2D eigenvalue weighted by atomic mass is 32.1. The Kier molecular flexibility index (Phi) is 3.04. The van der Waals surface area contributed by atoms with Crippen molar-refractivity contribution in [3.8, 4) is 0 Å². The third-order valence-electron chi connectivity index (χ3n) is 2.22. The predicted molar refractivity (Wildman–Crippen MR) is 60.6 cm³/mol. The normalized spacial score (nSPS) is 31.5. The summed E-state index contributed by atoms with van der Waals surface area (Å²) in [6, 6.07) is 0. The van der Waals surface area contributed by atoms with Crippen molar-refractivity contribution in [2.24, 2.45) is 0 Å². The van der Waals surface area contributed by atoms with Crippen molar-refractivity contribution >= 4 is 17.3 Å². The first-order valence-electron chi connectivity index (χ1n) is 4.87. The van der Waals surface area contributed by atoms with E-state index in [0.717, 1.165) is 6.54 Å². The van der Waals surface area contributed by atoms with Gasteiger partial charge in [-0.3, -0.25) is 5.01 Å². The molecule has 0 bridgehead atoms. The fraction of sp³-hybridized carbons (Fsp3) is 0.889. The molecule has 0 aromatic heterocycles. The molecule has 1 saturated heterocycles. The van der Waals surface area contributed by atoms with Crippen LogP contribution in [0.5, 0.6) is 0 Å². The zero-order chi connectivity index (χ0) is 11.0. The molecule has 0 spiro atoms. The van der Waals surface area contributed by atoms with Crippen molar-refractivity contribution in [3.05, 3.63) is 0 Å². The van der Waals surface area contributed by atoms with Crippen LogP contribution in [0.4, 0.5) is 0 Å². The van der Waals surface area contributed by atoms with Gasteiger partial charge in [0.05, 0.1) is 0 Å². The van der Waals surface area contributed by atoms with Gasteiger partial charge in [0.2, 0.25) is 0 Å². The van der Waals surface area contributed by atoms with Gasteiger partial charge < -0.3 is 10.4 Å². The van der Waals surface area contributed by atoms with E-state index in [1.807, 2.05) is 20.8 Å². The first-order chi connectivity index (χ1) is 6.28. The molecule has 0 radical (unpaired) electrons. The lowest BCUT2D eigenvalue weighted by molar-refractivity contribution is -0.110. The molecule has 14 heavy (non-hydrogen) atoms. The number of aliphatic hydroxyl groups is 1. The van der Waals surface area contributed by atoms with Gasteiger partial charge in [-0.1, -0.05) is 6.92 Å². The maximum atomic E-state index is 10.2. The monoisotopic (exact) mass is 217 g/mol. The molecule has 1 rings (SSSR count). The molecule has 1 fully saturated rings. The first-order valence-corrected chi connectivity index (χ1v) is 5.27. The van der Waals surface area contributed by atoms with Crippen LogP contribution in [0, 0.1) is 0 Å². The molecule has 82 valence electrons. The Morgan fingerprint density at radius 2 is 2.14 bits per heavy atom. The summed E-state index contributed by atoms with van der Waals surface area (Å²) in [5, 5.41) is 15.6. The van der Waals surface area contributed by atoms with Crippen LogP contribution in [0.15, 0.2) is 0 Å². The summed E-state index contributed by atoms with van der Waals surface area (Å²) in [6.07, 6.45) is 0.618. The molecule has 0 saturated carbocycles. The molecule has 3 N–H and O–H groups in total. The summed E-state index contributed by atoms with van der Waals surface area (Å²) in [7, 11) is 0. The molecule has 1 unspecified atom stereocenters. The zero-order valence-electron chi connectivity index (χ0n) is 9.22. The molecular formula is C9H19N3OS. The smallest absolute Gasteiger partial charge is 0.186 e. The number of nitrogens with zero attached hydrogens (tertiary/aromatic N) is 1. The maximum Gasteiger partial charge on any atom is 0.186 e. The Balaban J connectivity index is 2.83. The van der Waals surface area contributed by atoms with Gasteiger partial charge in [-0.05, 0) is 33.0 Å². The SMILES string of the molecule is CCNN1C(=S)NC(C)(C)CC1(C)O. The van der Waals surface area contributed by atoms with Crippen LogP contribution in [0.1, 0.15) is 34.1 Å². The van der Waals surface area contributed by atoms with Gasteiger partial charge in [0.15, 0.2) is 10.8 Å². The van der Waals surface area contributed by atoms with Crippen molar-refractivity contribution in [1.82, 2.24) is 15.8 Å². The molecule has 0 aliphatic carbocycles. The Morgan fingerprint density at radius 1 is 1.57 bits per heavy atom. The Bertz CT molecular complexity index is 240. The van der Waals surface area contributed by atoms with Crippen LogP contribution in [0.25, 0.3) is 0 Å². The first kappa shape index (κ1) is 11.7. The molecule has 1 heterocycles. The van der Waals surface area contributed by atoms with E-state index in [0.29, 0.717) is 11.5 Å². The van der Waals surface area contributed by atoms with Crippen LogP contribution in [0.3, 0.4) is 0 Å². The van der Waals surface area contributed by atoms with E-state index in [1.165, 1.54) is 0 Å². The minimum Gasteiger partial charge on any atom is -0.370 e. The lowest BCUT2D eigenvalue weighted by atomic mass is 9.91. The van der Waals surface area contributed by atoms with E-state index in [2.05, 4.69) is 10.7 Å². The van der Waals surface area contributed by atoms with E-state index < -0.39 is 5.72 Å². The second-order valence-electron chi connectivity index (χ2n) is 4.55. The average molecular weight is 217 g/mol. The van der Waals surface area contributed by atoms with Crippen LogP contribution < -0.4 is 10.7 Å². The number of thiocarbonyl (C=S) groups is 1. The summed E-state index contributed by atoms with van der Waals surface area (Å²) in [6.45, 7) is 8.52. The fourth-order valence-electron chi connectivity index (χ4n) is 1.92. The molecule has 4 nitrogen and oxygen atoms in total. The fourth-order valence-corrected chi connectivity index (χ4v) is 2.46. The lowest BCUT2D eigenvalue weighted by Gasteiger charge is -2.49. The summed E-state index contributed by atoms with van der Waals surface area (Å²) in [5.74, 6) is 0. The second-order valence-corrected chi connectivity index (χ2v) is 4.94. The Morgan fingerprint density at radius 3 is 2.57 bits per heavy atom. The number of nitrogens with one attached hydrogen (secondary N) is 2. The largest absolute Gasteiger partial charge is 0.370 e. The third kappa shape index (κ3) is 2.34. The highest BCUT2D eigenvalue weighted by Gasteiger charge is 2.42. The summed E-state index contributed by atoms with van der Waals surface area (Å²) in [5.41, 5.74) is 1.95. The molecule has 0 aromatic carbocycles. The number of hydrogen-bond donors (Lipinski definition) is 3. The van der Waals surface area contributed by atoms with Crippen molar-refractivity contribution in [3.63, 3.8) is 0 Å². The second kappa shape index (κ2) is 3.64. The van der Waals surface area contributed by atoms with Crippen molar-refractivity contribution < 1.29 is 5.11 Å². The average Bonchev–Trinajstić information content (AvgIpc) is 1.93. The minimum atomic E-state index is -0.929. The Labute approximate surface area is 90.6 Å². The third-order valence-corrected chi connectivity index (χ3v) is 2.51. The highest BCUT2D eigenvalue weighted by Crippen LogP contribution is 2.27. The molecule has 5 heteroatoms. The number of hydrazine groups is 1. The standard InChI is InChI=1S/C9H19N3OS/c1-5-10-12-7(14)11-8(2,3)6-9(12,4)13/h10,13H,5-6H2,1-4H3,(H,11,14). The van der Waals surface area contributed by atoms with Gasteiger partial charge in [-0.15, -0.1) is 0 Å². The van der Waals surface area contributed by atoms with Gasteiger partial charge in [0, 0.05) is 18.5 Å². The van der Waals surface area contributed by atoms with Crippen LogP contribution in [0.2, 0.25) is 0 Å². The molecule has 1 aliphatic rings. The van der Waals surface area contributed by atoms with E-state index in [4.69, 9.17) is 12.2 Å². The van der Waals surface area contributed by atoms with Crippen LogP contribution >= 0.6 is 12.2 Å². The summed E-state index contributed by atoms with van der Waals surface area (Å²) < 4.78 is 0. The van der Waals surface area contributed by atoms with E-state index in [-0.39, 0.29) is 5.54 Å². The van der Waals surface area contributed by atoms with Gasteiger partial charge in [-0.25, -0.2) is 5.43 Å². The number of hydrogen-bond acceptors (Lipinski definition) is 3. The molecule has 1 aliphatic heterocycles. The molecular weight excluding hydrogens is 198 g/mol. The zero-order valence-corrected chi connectivity index (χ0v) is 10.0. The topological polar surface area (TPSA) is 47.5 Å². The maximum absolute atomic E-state index is 10.2. The minimum absolute atomic E-state index is 0.160. The summed E-state index contributed by atoms with van der Waals surface area (Å²) >= 11 is 5.18. The van der Waals surface area contributed by atoms with E-state index in [1.54, 1.807) is 11.9 Å². The van der Waals surface area contributed by atoms with Crippen LogP contribution in [-0.2, 0) is 0 Å².